The molecule has 0 bridgehead atoms. The normalized spacial score (nSPS) is 11.5. The number of rotatable bonds is 6. The number of hydrogen-bond acceptors (Lipinski definition) is 3. The zero-order valence-electron chi connectivity index (χ0n) is 27.7. The monoisotopic (exact) mass is 669 g/mol. The van der Waals surface area contributed by atoms with Crippen LogP contribution in [-0.4, -0.2) is 0 Å². The Morgan fingerprint density at radius 1 is 0.392 bits per heavy atom. The summed E-state index contributed by atoms with van der Waals surface area (Å²) in [6.45, 7) is 0. The number of anilines is 3. The number of nitrogens with zero attached hydrogens (tertiary/aromatic N) is 1. The van der Waals surface area contributed by atoms with Crippen LogP contribution in [0.1, 0.15) is 0 Å². The Bertz CT molecular complexity index is 2730. The van der Waals surface area contributed by atoms with Crippen molar-refractivity contribution >= 4 is 70.5 Å². The van der Waals surface area contributed by atoms with E-state index < -0.39 is 0 Å². The molecule has 0 saturated carbocycles. The fraction of sp³-hybridized carbons (Fsp3) is 0. The van der Waals surface area contributed by atoms with Gasteiger partial charge in [-0.15, -0.1) is 11.3 Å². The van der Waals surface area contributed by atoms with Crippen molar-refractivity contribution in [3.63, 3.8) is 0 Å². The minimum absolute atomic E-state index is 0.916. The highest BCUT2D eigenvalue weighted by atomic mass is 32.1. The summed E-state index contributed by atoms with van der Waals surface area (Å²) in [5, 5.41) is 4.81. The van der Waals surface area contributed by atoms with E-state index in [4.69, 9.17) is 4.42 Å². The van der Waals surface area contributed by atoms with Crippen LogP contribution in [0.4, 0.5) is 17.1 Å². The standard InChI is InChI=1S/C48H31NOS/c1-3-11-32(12-4-1)34-19-25-37(26-20-34)49(38-27-21-35(22-28-38)33-13-5-2-6-14-33)39-29-23-36(24-30-39)42-31-43-40-15-8-10-18-45(40)51-48(43)47-46(42)41-16-7-9-17-44(41)50-47/h1-31H. The zero-order chi connectivity index (χ0) is 33.7. The summed E-state index contributed by atoms with van der Waals surface area (Å²) in [6.07, 6.45) is 0. The third-order valence-electron chi connectivity index (χ3n) is 9.90. The molecule has 0 amide bonds. The topological polar surface area (TPSA) is 16.4 Å². The van der Waals surface area contributed by atoms with Gasteiger partial charge < -0.3 is 9.32 Å². The van der Waals surface area contributed by atoms with Crippen LogP contribution in [0.2, 0.25) is 0 Å². The molecule has 0 aliphatic carbocycles. The van der Waals surface area contributed by atoms with Crippen LogP contribution in [0.5, 0.6) is 0 Å². The maximum atomic E-state index is 6.62. The number of fused-ring (bicyclic) bond motifs is 7. The molecule has 8 aromatic carbocycles. The Balaban J connectivity index is 1.11. The van der Waals surface area contributed by atoms with Crippen molar-refractivity contribution in [1.82, 2.24) is 0 Å². The maximum absolute atomic E-state index is 6.62. The maximum Gasteiger partial charge on any atom is 0.153 e. The summed E-state index contributed by atoms with van der Waals surface area (Å²) >= 11 is 1.81. The number of para-hydroxylation sites is 1. The number of thiophene rings is 1. The number of furan rings is 1. The van der Waals surface area contributed by atoms with Gasteiger partial charge in [0.05, 0.1) is 4.70 Å². The quantitative estimate of drug-likeness (QED) is 0.175. The molecule has 0 fully saturated rings. The van der Waals surface area contributed by atoms with Crippen molar-refractivity contribution in [2.75, 3.05) is 4.90 Å². The Kier molecular flexibility index (Phi) is 7.04. The SMILES string of the molecule is c1ccc(-c2ccc(N(c3ccc(-c4ccccc4)cc3)c3ccc(-c4cc5c6ccccc6sc5c5oc6ccccc6c45)cc3)cc2)cc1. The molecule has 3 heteroatoms. The van der Waals surface area contributed by atoms with Crippen LogP contribution in [0.25, 0.3) is 75.5 Å². The van der Waals surface area contributed by atoms with Crippen molar-refractivity contribution < 1.29 is 4.42 Å². The van der Waals surface area contributed by atoms with Crippen LogP contribution < -0.4 is 4.90 Å². The van der Waals surface area contributed by atoms with Crippen molar-refractivity contribution in [1.29, 1.82) is 0 Å². The highest BCUT2D eigenvalue weighted by Crippen LogP contribution is 2.47. The zero-order valence-corrected chi connectivity index (χ0v) is 28.5. The predicted octanol–water partition coefficient (Wildman–Crippen LogP) is 14.4. The molecule has 2 nitrogen and oxygen atoms in total. The second-order valence-corrected chi connectivity index (χ2v) is 14.0. The van der Waals surface area contributed by atoms with E-state index in [1.807, 2.05) is 11.3 Å². The Morgan fingerprint density at radius 2 is 0.863 bits per heavy atom. The molecule has 0 unspecified atom stereocenters. The Labute approximate surface area is 300 Å². The van der Waals surface area contributed by atoms with Gasteiger partial charge in [0, 0.05) is 43.3 Å². The lowest BCUT2D eigenvalue weighted by atomic mass is 9.96. The van der Waals surface area contributed by atoms with Crippen molar-refractivity contribution in [2.45, 2.75) is 0 Å². The van der Waals surface area contributed by atoms with E-state index in [0.29, 0.717) is 0 Å². The molecule has 0 radical (unpaired) electrons. The van der Waals surface area contributed by atoms with Gasteiger partial charge in [0.25, 0.3) is 0 Å². The summed E-state index contributed by atoms with van der Waals surface area (Å²) in [5.41, 5.74) is 12.3. The molecule has 0 atom stereocenters. The Morgan fingerprint density at radius 3 is 1.45 bits per heavy atom. The minimum Gasteiger partial charge on any atom is -0.455 e. The fourth-order valence-corrected chi connectivity index (χ4v) is 8.57. The van der Waals surface area contributed by atoms with E-state index in [-0.39, 0.29) is 0 Å². The average molecular weight is 670 g/mol. The first-order valence-electron chi connectivity index (χ1n) is 17.3. The second kappa shape index (κ2) is 12.2. The van der Waals surface area contributed by atoms with E-state index in [9.17, 15) is 0 Å². The average Bonchev–Trinajstić information content (AvgIpc) is 3.78. The first-order valence-corrected chi connectivity index (χ1v) is 18.1. The number of hydrogen-bond donors (Lipinski definition) is 0. The predicted molar refractivity (Wildman–Crippen MR) is 218 cm³/mol. The third-order valence-corrected chi connectivity index (χ3v) is 11.1. The van der Waals surface area contributed by atoms with E-state index in [1.165, 1.54) is 53.4 Å². The van der Waals surface area contributed by atoms with Crippen LogP contribution in [0, 0.1) is 0 Å². The minimum atomic E-state index is 0.916. The van der Waals surface area contributed by atoms with Crippen molar-refractivity contribution in [3.8, 4) is 33.4 Å². The molecule has 0 N–H and O–H groups in total. The van der Waals surface area contributed by atoms with Crippen LogP contribution in [0.3, 0.4) is 0 Å². The van der Waals surface area contributed by atoms with Gasteiger partial charge in [-0.2, -0.15) is 0 Å². The first kappa shape index (κ1) is 29.5. The summed E-state index contributed by atoms with van der Waals surface area (Å²) in [5.74, 6) is 0. The van der Waals surface area contributed by atoms with Crippen molar-refractivity contribution in [3.05, 3.63) is 188 Å². The molecular formula is C48H31NOS. The molecule has 240 valence electrons. The van der Waals surface area contributed by atoms with Gasteiger partial charge in [0.1, 0.15) is 5.58 Å². The van der Waals surface area contributed by atoms with E-state index >= 15 is 0 Å². The summed E-state index contributed by atoms with van der Waals surface area (Å²) in [7, 11) is 0. The van der Waals surface area contributed by atoms with Gasteiger partial charge in [-0.05, 0) is 88.0 Å². The summed E-state index contributed by atoms with van der Waals surface area (Å²) in [6, 6.07) is 67.3. The summed E-state index contributed by atoms with van der Waals surface area (Å²) < 4.78 is 9.09. The smallest absolute Gasteiger partial charge is 0.153 e. The molecule has 0 aliphatic rings. The molecule has 0 aliphatic heterocycles. The Hall–Kier alpha value is -6.42. The molecule has 10 rings (SSSR count). The first-order chi connectivity index (χ1) is 25.3. The van der Waals surface area contributed by atoms with Gasteiger partial charge in [-0.25, -0.2) is 0 Å². The molecule has 0 spiro atoms. The van der Waals surface area contributed by atoms with E-state index in [0.717, 1.165) is 39.2 Å². The lowest BCUT2D eigenvalue weighted by Gasteiger charge is -2.26. The van der Waals surface area contributed by atoms with E-state index in [1.54, 1.807) is 0 Å². The van der Waals surface area contributed by atoms with Crippen molar-refractivity contribution in [2.24, 2.45) is 0 Å². The number of benzene rings is 8. The highest BCUT2D eigenvalue weighted by Gasteiger charge is 2.20. The molecule has 10 aromatic rings. The largest absolute Gasteiger partial charge is 0.455 e. The fourth-order valence-electron chi connectivity index (χ4n) is 7.40. The van der Waals surface area contributed by atoms with Gasteiger partial charge in [0.15, 0.2) is 5.58 Å². The molecule has 2 heterocycles. The lowest BCUT2D eigenvalue weighted by Crippen LogP contribution is -2.09. The summed E-state index contributed by atoms with van der Waals surface area (Å²) in [4.78, 5) is 2.34. The lowest BCUT2D eigenvalue weighted by molar-refractivity contribution is 0.673. The van der Waals surface area contributed by atoms with Gasteiger partial charge in [0.2, 0.25) is 0 Å². The molecule has 2 aromatic heterocycles. The van der Waals surface area contributed by atoms with Gasteiger partial charge in [-0.3, -0.25) is 0 Å². The van der Waals surface area contributed by atoms with Crippen LogP contribution >= 0.6 is 11.3 Å². The second-order valence-electron chi connectivity index (χ2n) is 12.9. The van der Waals surface area contributed by atoms with Gasteiger partial charge >= 0.3 is 0 Å². The molecule has 0 saturated heterocycles. The van der Waals surface area contributed by atoms with Gasteiger partial charge in [-0.1, -0.05) is 133 Å². The van der Waals surface area contributed by atoms with E-state index in [2.05, 4.69) is 193 Å². The third kappa shape index (κ3) is 5.10. The molecule has 51 heavy (non-hydrogen) atoms. The molecular weight excluding hydrogens is 639 g/mol. The highest BCUT2D eigenvalue weighted by molar-refractivity contribution is 7.26. The van der Waals surface area contributed by atoms with Crippen LogP contribution in [-0.2, 0) is 0 Å². The van der Waals surface area contributed by atoms with Crippen LogP contribution in [0.15, 0.2) is 192 Å².